The smallest absolute Gasteiger partial charge is 0.137 e. The van der Waals surface area contributed by atoms with Crippen LogP contribution in [0.5, 0.6) is 0 Å². The molecule has 0 atom stereocenters. The summed E-state index contributed by atoms with van der Waals surface area (Å²) in [4.78, 5) is 6.96. The molecule has 0 aromatic carbocycles. The number of nitrogens with zero attached hydrogens (tertiary/aromatic N) is 3. The van der Waals surface area contributed by atoms with Gasteiger partial charge in [0.2, 0.25) is 0 Å². The van der Waals surface area contributed by atoms with Gasteiger partial charge in [-0.2, -0.15) is 0 Å². The standard InChI is InChI=1S/C26H29BrN4/c1-5-21-18(3)30(10-9-22(21)23(27)6-2)13-20-14-31-12-19(7-8-24(31)29-20)11-28-17-26-15-25(26,4)16-26/h5-10,12,14,28H,2-3,11,13,15-17H2,1,4H3/b21-5-,23-22+. The quantitative estimate of drug-likeness (QED) is 0.543. The van der Waals surface area contributed by atoms with Gasteiger partial charge in [0.05, 0.1) is 12.2 Å². The van der Waals surface area contributed by atoms with Gasteiger partial charge < -0.3 is 14.6 Å². The molecule has 0 saturated heterocycles. The lowest BCUT2D eigenvalue weighted by atomic mass is 9.98. The molecule has 0 radical (unpaired) electrons. The molecule has 3 heterocycles. The fourth-order valence-electron chi connectivity index (χ4n) is 5.03. The molecule has 31 heavy (non-hydrogen) atoms. The zero-order valence-electron chi connectivity index (χ0n) is 18.3. The van der Waals surface area contributed by atoms with Crippen LogP contribution in [0.3, 0.4) is 0 Å². The molecule has 160 valence electrons. The van der Waals surface area contributed by atoms with Crippen molar-refractivity contribution in [2.45, 2.75) is 39.8 Å². The van der Waals surface area contributed by atoms with Crippen molar-refractivity contribution in [3.63, 3.8) is 0 Å². The number of halogens is 1. The van der Waals surface area contributed by atoms with E-state index in [1.54, 1.807) is 0 Å². The van der Waals surface area contributed by atoms with Crippen LogP contribution in [0, 0.1) is 10.8 Å². The van der Waals surface area contributed by atoms with Crippen LogP contribution < -0.4 is 5.32 Å². The summed E-state index contributed by atoms with van der Waals surface area (Å²) in [6.07, 6.45) is 15.2. The first kappa shape index (κ1) is 20.5. The van der Waals surface area contributed by atoms with Crippen molar-refractivity contribution >= 4 is 21.6 Å². The minimum Gasteiger partial charge on any atom is -0.342 e. The van der Waals surface area contributed by atoms with E-state index in [0.29, 0.717) is 17.4 Å². The average molecular weight is 477 g/mol. The van der Waals surface area contributed by atoms with Crippen molar-refractivity contribution in [3.05, 3.63) is 94.7 Å². The lowest BCUT2D eigenvalue weighted by molar-refractivity contribution is 0.458. The van der Waals surface area contributed by atoms with Gasteiger partial charge in [-0.25, -0.2) is 4.98 Å². The summed E-state index contributed by atoms with van der Waals surface area (Å²) < 4.78 is 3.11. The van der Waals surface area contributed by atoms with E-state index in [9.17, 15) is 0 Å². The summed E-state index contributed by atoms with van der Waals surface area (Å²) in [5.41, 5.74) is 7.75. The van der Waals surface area contributed by atoms with Gasteiger partial charge in [-0.05, 0) is 53.9 Å². The second kappa shape index (κ2) is 7.35. The molecule has 2 aromatic rings. The number of pyridine rings is 1. The van der Waals surface area contributed by atoms with Gasteiger partial charge in [0.1, 0.15) is 5.65 Å². The third kappa shape index (κ3) is 3.54. The Labute approximate surface area is 192 Å². The number of allylic oxidation sites excluding steroid dienone is 5. The minimum absolute atomic E-state index is 0.631. The number of hydrogen-bond acceptors (Lipinski definition) is 3. The molecule has 4 nitrogen and oxygen atoms in total. The van der Waals surface area contributed by atoms with Gasteiger partial charge in [0, 0.05) is 47.4 Å². The van der Waals surface area contributed by atoms with E-state index < -0.39 is 0 Å². The molecule has 2 aliphatic carbocycles. The predicted molar refractivity (Wildman–Crippen MR) is 130 cm³/mol. The molecule has 0 unspecified atom stereocenters. The first-order chi connectivity index (χ1) is 14.9. The van der Waals surface area contributed by atoms with Crippen LogP contribution in [-0.4, -0.2) is 20.8 Å². The highest BCUT2D eigenvalue weighted by molar-refractivity contribution is 9.11. The fraction of sp³-hybridized carbons (Fsp3) is 0.346. The van der Waals surface area contributed by atoms with Crippen molar-refractivity contribution in [2.75, 3.05) is 6.54 Å². The van der Waals surface area contributed by atoms with Crippen LogP contribution in [0.1, 0.15) is 37.9 Å². The first-order valence-corrected chi connectivity index (χ1v) is 11.7. The third-order valence-corrected chi connectivity index (χ3v) is 8.02. The summed E-state index contributed by atoms with van der Waals surface area (Å²) in [7, 11) is 0. The van der Waals surface area contributed by atoms with Gasteiger partial charge in [0.25, 0.3) is 0 Å². The molecule has 2 aromatic heterocycles. The van der Waals surface area contributed by atoms with E-state index in [-0.39, 0.29) is 0 Å². The highest BCUT2D eigenvalue weighted by Crippen LogP contribution is 2.85. The van der Waals surface area contributed by atoms with Gasteiger partial charge in [-0.3, -0.25) is 0 Å². The Hall–Kier alpha value is -2.37. The van der Waals surface area contributed by atoms with Crippen LogP contribution in [0.4, 0.5) is 0 Å². The van der Waals surface area contributed by atoms with Crippen LogP contribution >= 0.6 is 15.9 Å². The largest absolute Gasteiger partial charge is 0.342 e. The second-order valence-corrected chi connectivity index (χ2v) is 10.2. The molecule has 1 aliphatic heterocycles. The van der Waals surface area contributed by atoms with E-state index in [0.717, 1.165) is 45.8 Å². The molecule has 2 fully saturated rings. The molecule has 3 aliphatic rings. The van der Waals surface area contributed by atoms with Crippen molar-refractivity contribution in [1.82, 2.24) is 19.6 Å². The molecule has 0 bridgehead atoms. The molecule has 0 amide bonds. The first-order valence-electron chi connectivity index (χ1n) is 10.9. The Morgan fingerprint density at radius 2 is 2.10 bits per heavy atom. The third-order valence-electron chi connectivity index (χ3n) is 7.27. The number of hydrogen-bond donors (Lipinski definition) is 1. The molecule has 0 spiro atoms. The van der Waals surface area contributed by atoms with E-state index >= 15 is 0 Å². The monoisotopic (exact) mass is 476 g/mol. The highest BCUT2D eigenvalue weighted by atomic mass is 79.9. The van der Waals surface area contributed by atoms with E-state index in [4.69, 9.17) is 4.98 Å². The van der Waals surface area contributed by atoms with Crippen LogP contribution in [0.25, 0.3) is 5.65 Å². The zero-order valence-corrected chi connectivity index (χ0v) is 19.9. The lowest BCUT2D eigenvalue weighted by Gasteiger charge is -2.29. The van der Waals surface area contributed by atoms with Crippen LogP contribution in [0.15, 0.2) is 83.4 Å². The summed E-state index contributed by atoms with van der Waals surface area (Å²) in [5.74, 6) is 0. The van der Waals surface area contributed by atoms with Gasteiger partial charge in [-0.1, -0.05) is 54.2 Å². The topological polar surface area (TPSA) is 32.6 Å². The van der Waals surface area contributed by atoms with Crippen LogP contribution in [-0.2, 0) is 13.1 Å². The van der Waals surface area contributed by atoms with E-state index in [1.807, 2.05) is 13.0 Å². The minimum atomic E-state index is 0.631. The van der Waals surface area contributed by atoms with E-state index in [2.05, 4.69) is 93.5 Å². The lowest BCUT2D eigenvalue weighted by Crippen LogP contribution is -2.21. The van der Waals surface area contributed by atoms with Crippen molar-refractivity contribution in [1.29, 1.82) is 0 Å². The normalized spacial score (nSPS) is 29.5. The summed E-state index contributed by atoms with van der Waals surface area (Å²) >= 11 is 3.59. The number of imidazole rings is 1. The molecule has 2 saturated carbocycles. The molecular formula is C26H29BrN4. The summed E-state index contributed by atoms with van der Waals surface area (Å²) in [6.45, 7) is 15.4. The predicted octanol–water partition coefficient (Wildman–Crippen LogP) is 5.85. The molecule has 1 N–H and O–H groups in total. The second-order valence-electron chi connectivity index (χ2n) is 9.39. The van der Waals surface area contributed by atoms with Crippen molar-refractivity contribution in [2.24, 2.45) is 10.8 Å². The average Bonchev–Trinajstić information content (AvgIpc) is 3.42. The van der Waals surface area contributed by atoms with Crippen molar-refractivity contribution < 1.29 is 0 Å². The zero-order chi connectivity index (χ0) is 21.8. The van der Waals surface area contributed by atoms with Gasteiger partial charge in [0.15, 0.2) is 0 Å². The molecular weight excluding hydrogens is 448 g/mol. The Balaban J connectivity index is 1.28. The maximum absolute atomic E-state index is 4.82. The number of aromatic nitrogens is 2. The number of nitrogens with one attached hydrogen (secondary N) is 1. The maximum atomic E-state index is 4.82. The Morgan fingerprint density at radius 3 is 2.77 bits per heavy atom. The van der Waals surface area contributed by atoms with Gasteiger partial charge >= 0.3 is 0 Å². The Morgan fingerprint density at radius 1 is 1.32 bits per heavy atom. The number of fused-ring (bicyclic) bond motifs is 2. The SMILES string of the molecule is C=C/C(Br)=C1/C=CN(Cc2cn3cc(CNCC45CC4(C)C5)ccc3n2)C(=C)/C1=C/C. The van der Waals surface area contributed by atoms with Crippen molar-refractivity contribution in [3.8, 4) is 0 Å². The summed E-state index contributed by atoms with van der Waals surface area (Å²) in [5, 5.41) is 3.66. The van der Waals surface area contributed by atoms with Crippen LogP contribution in [0.2, 0.25) is 0 Å². The molecule has 5 heteroatoms. The summed E-state index contributed by atoms with van der Waals surface area (Å²) in [6, 6.07) is 4.29. The van der Waals surface area contributed by atoms with E-state index in [1.165, 1.54) is 18.4 Å². The Kier molecular flexibility index (Phi) is 4.87. The van der Waals surface area contributed by atoms with Gasteiger partial charge in [-0.15, -0.1) is 0 Å². The maximum Gasteiger partial charge on any atom is 0.137 e. The highest BCUT2D eigenvalue weighted by Gasteiger charge is 2.79. The Bertz CT molecular complexity index is 1170. The fourth-order valence-corrected chi connectivity index (χ4v) is 5.37. The number of rotatable bonds is 7. The molecule has 5 rings (SSSR count).